The molecule has 2 atom stereocenters. The second-order valence-electron chi connectivity index (χ2n) is 11.2. The minimum atomic E-state index is -3.79. The summed E-state index contributed by atoms with van der Waals surface area (Å²) in [6, 6.07) is 7.96. The summed E-state index contributed by atoms with van der Waals surface area (Å²) in [7, 11) is -3.79. The van der Waals surface area contributed by atoms with Crippen molar-refractivity contribution in [3.8, 4) is 0 Å². The van der Waals surface area contributed by atoms with Gasteiger partial charge < -0.3 is 4.74 Å². The van der Waals surface area contributed by atoms with Crippen LogP contribution >= 0.6 is 0 Å². The Labute approximate surface area is 280 Å². The maximum atomic E-state index is 12.9. The third-order valence-electron chi connectivity index (χ3n) is 6.91. The molecule has 45 heavy (non-hydrogen) atoms. The van der Waals surface area contributed by atoms with Crippen molar-refractivity contribution in [2.45, 2.75) is 109 Å². The van der Waals surface area contributed by atoms with Gasteiger partial charge in [-0.3, -0.25) is 4.72 Å². The molecule has 0 aromatic heterocycles. The van der Waals surface area contributed by atoms with Crippen LogP contribution in [-0.4, -0.2) is 21.1 Å². The van der Waals surface area contributed by atoms with E-state index in [2.05, 4.69) is 64.1 Å². The van der Waals surface area contributed by atoms with Gasteiger partial charge in [0.05, 0.1) is 17.6 Å². The lowest BCUT2D eigenvalue weighted by atomic mass is 9.92. The Morgan fingerprint density at radius 3 is 2.07 bits per heavy atom. The number of rotatable bonds is 12. The van der Waals surface area contributed by atoms with Crippen LogP contribution in [0, 0.1) is 24.7 Å². The van der Waals surface area contributed by atoms with E-state index in [-0.39, 0.29) is 12.4 Å². The normalized spacial score (nSPS) is 16.1. The summed E-state index contributed by atoms with van der Waals surface area (Å²) in [5, 5.41) is 0. The lowest BCUT2D eigenvalue weighted by Gasteiger charge is -2.21. The van der Waals surface area contributed by atoms with Crippen LogP contribution < -0.4 is 4.72 Å². The number of hydrogen-bond acceptors (Lipinski definition) is 3. The van der Waals surface area contributed by atoms with E-state index in [1.165, 1.54) is 12.0 Å². The summed E-state index contributed by atoms with van der Waals surface area (Å²) in [5.41, 5.74) is 5.90. The maximum Gasteiger partial charge on any atom is 0.261 e. The van der Waals surface area contributed by atoms with Crippen LogP contribution in [0.3, 0.4) is 0 Å². The number of aryl methyl sites for hydroxylation is 1. The number of hydrogen-bond donors (Lipinski definition) is 1. The van der Waals surface area contributed by atoms with Crippen molar-refractivity contribution in [1.29, 1.82) is 0 Å². The Hall–Kier alpha value is -2.89. The fourth-order valence-electron chi connectivity index (χ4n) is 4.35. The SMILES string of the molecule is C=C(/C=C\C(=C/C)C(C)C)S(=O)(=O)N/C(C)=C(\c1ccc(C)cc1)C(C)OC/C=C/C.CC.CC.CC1C=C(C(C)C)C=CC1.[HH]. The zero-order valence-corrected chi connectivity index (χ0v) is 31.8. The highest BCUT2D eigenvalue weighted by molar-refractivity contribution is 7.93. The first-order valence-corrected chi connectivity index (χ1v) is 18.2. The molecule has 0 spiro atoms. The van der Waals surface area contributed by atoms with Crippen molar-refractivity contribution >= 4 is 15.6 Å². The standard InChI is InChI=1S/C26H37NO3S.C10H16.2C2H6.H2/c1-9-11-18-30-23(8)26(25-15-12-20(5)13-16-25)22(7)27-31(28,29)21(6)14-17-24(10-2)19(3)4;1-8(2)10-6-4-5-9(3)7-10;2*1-2;/h9-17,19,23,27H,6,18H2,1-5,7-8H3;4,6-9H,5H2,1-3H3;2*1-2H3;1H/b11-9+,17-14-,24-10+,26-22-;;;;. The van der Waals surface area contributed by atoms with E-state index in [4.69, 9.17) is 4.74 Å². The third kappa shape index (κ3) is 17.4. The number of ether oxygens (including phenoxy) is 1. The van der Waals surface area contributed by atoms with Crippen LogP contribution in [0.2, 0.25) is 0 Å². The number of nitrogens with one attached hydrogen (secondary N) is 1. The fourth-order valence-corrected chi connectivity index (χ4v) is 5.24. The van der Waals surface area contributed by atoms with Crippen molar-refractivity contribution < 1.29 is 14.6 Å². The Bertz CT molecular complexity index is 1280. The molecule has 256 valence electrons. The second-order valence-corrected chi connectivity index (χ2v) is 13.0. The fraction of sp³-hybridized carbons (Fsp3) is 0.500. The Balaban J connectivity index is -0.00000103. The molecule has 2 unspecified atom stereocenters. The number of benzene rings is 1. The minimum Gasteiger partial charge on any atom is -0.370 e. The van der Waals surface area contributed by atoms with Crippen molar-refractivity contribution in [2.75, 3.05) is 6.61 Å². The molecule has 1 aromatic rings. The van der Waals surface area contributed by atoms with Crippen LogP contribution in [0.1, 0.15) is 109 Å². The predicted octanol–water partition coefficient (Wildman–Crippen LogP) is 11.8. The predicted molar refractivity (Wildman–Crippen MR) is 204 cm³/mol. The number of sulfonamides is 1. The van der Waals surface area contributed by atoms with Crippen molar-refractivity contribution in [2.24, 2.45) is 17.8 Å². The molecule has 0 aliphatic heterocycles. The average molecular weight is 642 g/mol. The highest BCUT2D eigenvalue weighted by atomic mass is 32.2. The zero-order valence-electron chi connectivity index (χ0n) is 31.0. The van der Waals surface area contributed by atoms with Gasteiger partial charge >= 0.3 is 0 Å². The smallest absolute Gasteiger partial charge is 0.261 e. The summed E-state index contributed by atoms with van der Waals surface area (Å²) in [4.78, 5) is 0.0117. The summed E-state index contributed by atoms with van der Waals surface area (Å²) in [5.74, 6) is 1.75. The van der Waals surface area contributed by atoms with Crippen LogP contribution in [0.4, 0.5) is 0 Å². The van der Waals surface area contributed by atoms with E-state index < -0.39 is 10.0 Å². The lowest BCUT2D eigenvalue weighted by molar-refractivity contribution is 0.129. The molecule has 0 fully saturated rings. The van der Waals surface area contributed by atoms with Gasteiger partial charge in [-0.05, 0) is 81.6 Å². The van der Waals surface area contributed by atoms with Crippen LogP contribution in [0.25, 0.3) is 5.57 Å². The molecule has 0 amide bonds. The molecule has 4 nitrogen and oxygen atoms in total. The van der Waals surface area contributed by atoms with Crippen molar-refractivity contribution in [3.05, 3.63) is 112 Å². The molecule has 1 N–H and O–H groups in total. The minimum absolute atomic E-state index is 0. The first-order chi connectivity index (χ1) is 21.2. The largest absolute Gasteiger partial charge is 0.370 e. The van der Waals surface area contributed by atoms with Crippen LogP contribution in [-0.2, 0) is 14.8 Å². The summed E-state index contributed by atoms with van der Waals surface area (Å²) < 4.78 is 34.5. The summed E-state index contributed by atoms with van der Waals surface area (Å²) in [6.07, 6.45) is 17.0. The molecule has 0 saturated carbocycles. The second kappa shape index (κ2) is 24.4. The van der Waals surface area contributed by atoms with E-state index in [1.54, 1.807) is 19.1 Å². The van der Waals surface area contributed by atoms with Crippen LogP contribution in [0.15, 0.2) is 101 Å². The molecular weight excluding hydrogens is 575 g/mol. The van der Waals surface area contributed by atoms with E-state index in [0.717, 1.165) is 28.2 Å². The monoisotopic (exact) mass is 641 g/mol. The summed E-state index contributed by atoms with van der Waals surface area (Å²) in [6.45, 7) is 32.7. The topological polar surface area (TPSA) is 55.4 Å². The highest BCUT2D eigenvalue weighted by Crippen LogP contribution is 2.26. The van der Waals surface area contributed by atoms with Crippen molar-refractivity contribution in [3.63, 3.8) is 0 Å². The van der Waals surface area contributed by atoms with Crippen LogP contribution in [0.5, 0.6) is 0 Å². The average Bonchev–Trinajstić information content (AvgIpc) is 3.00. The highest BCUT2D eigenvalue weighted by Gasteiger charge is 2.20. The van der Waals surface area contributed by atoms with Gasteiger partial charge in [-0.2, -0.15) is 0 Å². The van der Waals surface area contributed by atoms with E-state index in [1.807, 2.05) is 97.9 Å². The molecule has 1 aliphatic rings. The quantitative estimate of drug-likeness (QED) is 0.182. The zero-order chi connectivity index (χ0) is 35.2. The van der Waals surface area contributed by atoms with E-state index >= 15 is 0 Å². The van der Waals surface area contributed by atoms with Gasteiger partial charge in [0.15, 0.2) is 0 Å². The van der Waals surface area contributed by atoms with E-state index in [9.17, 15) is 8.42 Å². The third-order valence-corrected chi connectivity index (χ3v) is 8.31. The molecule has 1 aliphatic carbocycles. The Morgan fingerprint density at radius 1 is 1.04 bits per heavy atom. The Morgan fingerprint density at radius 2 is 1.62 bits per heavy atom. The van der Waals surface area contributed by atoms with Gasteiger partial charge in [-0.25, -0.2) is 8.42 Å². The molecule has 0 radical (unpaired) electrons. The molecule has 1 aromatic carbocycles. The molecular formula is C40H67NO3S. The maximum absolute atomic E-state index is 12.9. The molecule has 0 bridgehead atoms. The summed E-state index contributed by atoms with van der Waals surface area (Å²) >= 11 is 0. The lowest BCUT2D eigenvalue weighted by Crippen LogP contribution is -2.26. The van der Waals surface area contributed by atoms with Gasteiger partial charge in [0, 0.05) is 12.7 Å². The van der Waals surface area contributed by atoms with Gasteiger partial charge in [-0.15, -0.1) is 0 Å². The van der Waals surface area contributed by atoms with E-state index in [0.29, 0.717) is 24.1 Å². The van der Waals surface area contributed by atoms with Gasteiger partial charge in [-0.1, -0.05) is 141 Å². The first kappa shape index (κ1) is 44.2. The Kier molecular flexibility index (Phi) is 23.9. The molecule has 5 heteroatoms. The van der Waals surface area contributed by atoms with Gasteiger partial charge in [0.1, 0.15) is 0 Å². The molecule has 2 rings (SSSR count). The van der Waals surface area contributed by atoms with Gasteiger partial charge in [0.2, 0.25) is 0 Å². The van der Waals surface area contributed by atoms with Gasteiger partial charge in [0.25, 0.3) is 10.0 Å². The number of allylic oxidation sites excluding steroid dienone is 10. The first-order valence-electron chi connectivity index (χ1n) is 16.7. The molecule has 0 heterocycles. The van der Waals surface area contributed by atoms with Crippen molar-refractivity contribution in [1.82, 2.24) is 4.72 Å². The molecule has 0 saturated heterocycles.